The van der Waals surface area contributed by atoms with Gasteiger partial charge in [-0.2, -0.15) is 0 Å². The molecule has 0 aromatic heterocycles. The van der Waals surface area contributed by atoms with Gasteiger partial charge >= 0.3 is 0 Å². The minimum absolute atomic E-state index is 0.0865. The minimum atomic E-state index is -0.731. The third-order valence-corrected chi connectivity index (χ3v) is 4.01. The number of methoxy groups -OCH3 is 1. The van der Waals surface area contributed by atoms with Crippen molar-refractivity contribution in [2.45, 2.75) is 25.4 Å². The second-order valence-electron chi connectivity index (χ2n) is 5.10. The van der Waals surface area contributed by atoms with E-state index < -0.39 is 5.60 Å². The lowest BCUT2D eigenvalue weighted by Gasteiger charge is -2.26. The van der Waals surface area contributed by atoms with Crippen molar-refractivity contribution in [2.24, 2.45) is 5.92 Å². The van der Waals surface area contributed by atoms with Gasteiger partial charge in [-0.1, -0.05) is 15.9 Å². The van der Waals surface area contributed by atoms with E-state index in [0.29, 0.717) is 12.5 Å². The molecule has 20 heavy (non-hydrogen) atoms. The summed E-state index contributed by atoms with van der Waals surface area (Å²) in [7, 11) is 1.59. The van der Waals surface area contributed by atoms with Crippen LogP contribution in [0.3, 0.4) is 0 Å². The molecule has 1 N–H and O–H groups in total. The van der Waals surface area contributed by atoms with E-state index >= 15 is 0 Å². The zero-order chi connectivity index (χ0) is 14.6. The Morgan fingerprint density at radius 1 is 1.40 bits per heavy atom. The number of nitrogens with one attached hydrogen (secondary N) is 1. The van der Waals surface area contributed by atoms with Crippen LogP contribution in [0.5, 0.6) is 5.75 Å². The van der Waals surface area contributed by atoms with Gasteiger partial charge in [0.25, 0.3) is 5.91 Å². The van der Waals surface area contributed by atoms with E-state index in [0.717, 1.165) is 29.6 Å². The number of amides is 1. The number of carbonyl (C=O) groups excluding carboxylic acids is 1. The molecule has 1 unspecified atom stereocenters. The summed E-state index contributed by atoms with van der Waals surface area (Å²) in [5.41, 5.74) is 0.0237. The highest BCUT2D eigenvalue weighted by Gasteiger charge is 2.47. The molecule has 0 bridgehead atoms. The molecule has 1 aromatic carbocycles. The molecule has 0 heterocycles. The summed E-state index contributed by atoms with van der Waals surface area (Å²) in [5.74, 6) is 1.03. The average molecular weight is 342 g/mol. The molecule has 1 amide bonds. The molecule has 2 rings (SSSR count). The predicted octanol–water partition coefficient (Wildman–Crippen LogP) is 3.21. The summed E-state index contributed by atoms with van der Waals surface area (Å²) in [4.78, 5) is 12.3. The summed E-state index contributed by atoms with van der Waals surface area (Å²) in [6, 6.07) is 7.37. The van der Waals surface area contributed by atoms with Crippen LogP contribution in [0.1, 0.15) is 19.8 Å². The highest BCUT2D eigenvalue weighted by Crippen LogP contribution is 2.42. The van der Waals surface area contributed by atoms with Crippen LogP contribution in [0.25, 0.3) is 0 Å². The predicted molar refractivity (Wildman–Crippen MR) is 82.5 cm³/mol. The van der Waals surface area contributed by atoms with Gasteiger partial charge in [0.05, 0.1) is 6.61 Å². The standard InChI is InChI=1S/C15H20BrNO3/c1-15(19-2,11-3-4-11)14(18)17-12-5-7-13(8-6-12)20-10-9-16/h5-8,11H,3-4,9-10H2,1-2H3,(H,17,18). The van der Waals surface area contributed by atoms with Crippen LogP contribution in [0.4, 0.5) is 5.69 Å². The van der Waals surface area contributed by atoms with Crippen molar-refractivity contribution >= 4 is 27.5 Å². The van der Waals surface area contributed by atoms with Crippen molar-refractivity contribution < 1.29 is 14.3 Å². The molecule has 1 saturated carbocycles. The number of hydrogen-bond donors (Lipinski definition) is 1. The van der Waals surface area contributed by atoms with E-state index in [1.54, 1.807) is 7.11 Å². The normalized spacial score (nSPS) is 17.4. The molecule has 1 aromatic rings. The van der Waals surface area contributed by atoms with Crippen LogP contribution in [0.2, 0.25) is 0 Å². The Labute approximate surface area is 128 Å². The lowest BCUT2D eigenvalue weighted by Crippen LogP contribution is -2.43. The van der Waals surface area contributed by atoms with Crippen LogP contribution < -0.4 is 10.1 Å². The molecule has 4 nitrogen and oxygen atoms in total. The third kappa shape index (κ3) is 3.52. The SMILES string of the molecule is COC(C)(C(=O)Nc1ccc(OCCBr)cc1)C1CC1. The van der Waals surface area contributed by atoms with Gasteiger partial charge in [-0.15, -0.1) is 0 Å². The second kappa shape index (κ2) is 6.59. The van der Waals surface area contributed by atoms with Crippen molar-refractivity contribution in [3.63, 3.8) is 0 Å². The number of halogens is 1. The van der Waals surface area contributed by atoms with Gasteiger partial charge in [0.15, 0.2) is 0 Å². The lowest BCUT2D eigenvalue weighted by molar-refractivity contribution is -0.138. The fraction of sp³-hybridized carbons (Fsp3) is 0.533. The number of hydrogen-bond acceptors (Lipinski definition) is 3. The van der Waals surface area contributed by atoms with Crippen LogP contribution in [0.15, 0.2) is 24.3 Å². The van der Waals surface area contributed by atoms with Gasteiger partial charge < -0.3 is 14.8 Å². The van der Waals surface area contributed by atoms with Crippen LogP contribution in [0, 0.1) is 5.92 Å². The largest absolute Gasteiger partial charge is 0.493 e. The first kappa shape index (κ1) is 15.3. The van der Waals surface area contributed by atoms with Gasteiger partial charge in [0.1, 0.15) is 11.4 Å². The van der Waals surface area contributed by atoms with Crippen LogP contribution >= 0.6 is 15.9 Å². The maximum Gasteiger partial charge on any atom is 0.256 e. The molecule has 0 saturated heterocycles. The zero-order valence-electron chi connectivity index (χ0n) is 11.8. The fourth-order valence-corrected chi connectivity index (χ4v) is 2.29. The first-order chi connectivity index (χ1) is 9.60. The van der Waals surface area contributed by atoms with E-state index in [1.165, 1.54) is 0 Å². The molecule has 1 atom stereocenters. The topological polar surface area (TPSA) is 47.6 Å². The van der Waals surface area contributed by atoms with Crippen LogP contribution in [-0.2, 0) is 9.53 Å². The van der Waals surface area contributed by atoms with Crippen molar-refractivity contribution in [3.8, 4) is 5.75 Å². The number of rotatable bonds is 7. The first-order valence-corrected chi connectivity index (χ1v) is 7.87. The Hall–Kier alpha value is -1.07. The van der Waals surface area contributed by atoms with E-state index in [4.69, 9.17) is 9.47 Å². The van der Waals surface area contributed by atoms with Gasteiger partial charge in [-0.05, 0) is 49.9 Å². The van der Waals surface area contributed by atoms with Gasteiger partial charge in [-0.25, -0.2) is 0 Å². The summed E-state index contributed by atoms with van der Waals surface area (Å²) < 4.78 is 10.9. The van der Waals surface area contributed by atoms with Gasteiger partial charge in [-0.3, -0.25) is 4.79 Å². The number of alkyl halides is 1. The Morgan fingerprint density at radius 2 is 2.05 bits per heavy atom. The molecular formula is C15H20BrNO3. The van der Waals surface area contributed by atoms with Gasteiger partial charge in [0, 0.05) is 18.1 Å². The Kier molecular flexibility index (Phi) is 5.05. The molecule has 0 aliphatic heterocycles. The average Bonchev–Trinajstić information content (AvgIpc) is 3.30. The highest BCUT2D eigenvalue weighted by molar-refractivity contribution is 9.09. The van der Waals surface area contributed by atoms with E-state index in [-0.39, 0.29) is 5.91 Å². The number of ether oxygens (including phenoxy) is 2. The molecule has 1 aliphatic carbocycles. The van der Waals surface area contributed by atoms with Crippen molar-refractivity contribution in [3.05, 3.63) is 24.3 Å². The molecule has 1 aliphatic rings. The Morgan fingerprint density at radius 3 is 2.55 bits per heavy atom. The van der Waals surface area contributed by atoms with E-state index in [1.807, 2.05) is 31.2 Å². The van der Waals surface area contributed by atoms with Crippen molar-refractivity contribution in [1.82, 2.24) is 0 Å². The van der Waals surface area contributed by atoms with Crippen molar-refractivity contribution in [2.75, 3.05) is 24.4 Å². The van der Waals surface area contributed by atoms with E-state index in [2.05, 4.69) is 21.2 Å². The minimum Gasteiger partial charge on any atom is -0.493 e. The highest BCUT2D eigenvalue weighted by atomic mass is 79.9. The van der Waals surface area contributed by atoms with Crippen LogP contribution in [-0.4, -0.2) is 30.6 Å². The lowest BCUT2D eigenvalue weighted by atomic mass is 9.99. The molecule has 0 spiro atoms. The monoisotopic (exact) mass is 341 g/mol. The molecule has 5 heteroatoms. The molecule has 1 fully saturated rings. The molecule has 110 valence electrons. The smallest absolute Gasteiger partial charge is 0.256 e. The summed E-state index contributed by atoms with van der Waals surface area (Å²) in [6.07, 6.45) is 2.11. The first-order valence-electron chi connectivity index (χ1n) is 6.75. The maximum atomic E-state index is 12.3. The quantitative estimate of drug-likeness (QED) is 0.774. The fourth-order valence-electron chi connectivity index (χ4n) is 2.13. The maximum absolute atomic E-state index is 12.3. The van der Waals surface area contributed by atoms with E-state index in [9.17, 15) is 4.79 Å². The Balaban J connectivity index is 1.97. The second-order valence-corrected chi connectivity index (χ2v) is 5.89. The third-order valence-electron chi connectivity index (χ3n) is 3.69. The number of carbonyl (C=O) groups is 1. The summed E-state index contributed by atoms with van der Waals surface area (Å²) >= 11 is 3.31. The van der Waals surface area contributed by atoms with Gasteiger partial charge in [0.2, 0.25) is 0 Å². The molecule has 0 radical (unpaired) electrons. The van der Waals surface area contributed by atoms with Crippen molar-refractivity contribution in [1.29, 1.82) is 0 Å². The Bertz CT molecular complexity index is 459. The zero-order valence-corrected chi connectivity index (χ0v) is 13.4. The summed E-state index contributed by atoms with van der Waals surface area (Å²) in [5, 5.41) is 3.70. The molecular weight excluding hydrogens is 322 g/mol. The summed E-state index contributed by atoms with van der Waals surface area (Å²) in [6.45, 7) is 2.47. The number of anilines is 1. The number of benzene rings is 1.